The van der Waals surface area contributed by atoms with E-state index < -0.39 is 6.04 Å². The van der Waals surface area contributed by atoms with Gasteiger partial charge in [0.25, 0.3) is 0 Å². The molecule has 1 N–H and O–H groups in total. The number of halogens is 1. The molecule has 3 aromatic rings. The first kappa shape index (κ1) is 23.3. The number of rotatable bonds is 8. The fourth-order valence-corrected chi connectivity index (χ4v) is 4.92. The molecule has 0 spiro atoms. The van der Waals surface area contributed by atoms with Crippen molar-refractivity contribution < 1.29 is 9.59 Å². The maximum Gasteiger partial charge on any atom is 0.242 e. The lowest BCUT2D eigenvalue weighted by Crippen LogP contribution is -2.49. The Balaban J connectivity index is 1.50. The third kappa shape index (κ3) is 5.94. The molecule has 0 unspecified atom stereocenters. The number of aryl methyl sites for hydroxylation is 1. The van der Waals surface area contributed by atoms with E-state index in [1.807, 2.05) is 49.4 Å². The maximum absolute atomic E-state index is 13.4. The van der Waals surface area contributed by atoms with Crippen molar-refractivity contribution in [3.8, 4) is 0 Å². The number of carbonyl (C=O) groups is 2. The van der Waals surface area contributed by atoms with Gasteiger partial charge in [0, 0.05) is 24.0 Å². The molecule has 0 heterocycles. The van der Waals surface area contributed by atoms with Crippen LogP contribution in [0.2, 0.25) is 5.02 Å². The van der Waals surface area contributed by atoms with Gasteiger partial charge < -0.3 is 10.2 Å². The molecular weight excluding hydrogens is 432 g/mol. The number of benzene rings is 3. The van der Waals surface area contributed by atoms with E-state index in [0.29, 0.717) is 24.4 Å². The molecule has 1 saturated carbocycles. The van der Waals surface area contributed by atoms with Crippen LogP contribution in [-0.4, -0.2) is 28.8 Å². The van der Waals surface area contributed by atoms with Gasteiger partial charge in [0.05, 0.1) is 0 Å². The Morgan fingerprint density at radius 3 is 2.55 bits per heavy atom. The van der Waals surface area contributed by atoms with E-state index in [9.17, 15) is 9.59 Å². The molecule has 0 aromatic heterocycles. The number of nitrogens with zero attached hydrogens (tertiary/aromatic N) is 1. The number of amides is 2. The van der Waals surface area contributed by atoms with Gasteiger partial charge in [-0.15, -0.1) is 0 Å². The van der Waals surface area contributed by atoms with Crippen molar-refractivity contribution in [1.82, 2.24) is 10.2 Å². The van der Waals surface area contributed by atoms with Crippen LogP contribution in [0.4, 0.5) is 0 Å². The van der Waals surface area contributed by atoms with Crippen LogP contribution >= 0.6 is 11.6 Å². The van der Waals surface area contributed by atoms with Gasteiger partial charge >= 0.3 is 0 Å². The van der Waals surface area contributed by atoms with Crippen LogP contribution < -0.4 is 5.32 Å². The molecule has 0 saturated heterocycles. The van der Waals surface area contributed by atoms with Gasteiger partial charge in [0.2, 0.25) is 11.8 Å². The lowest BCUT2D eigenvalue weighted by atomic mass is 10.0. The zero-order chi connectivity index (χ0) is 23.2. The van der Waals surface area contributed by atoms with E-state index in [2.05, 4.69) is 29.6 Å². The van der Waals surface area contributed by atoms with Crippen LogP contribution in [-0.2, 0) is 22.6 Å². The second-order valence-corrected chi connectivity index (χ2v) is 9.39. The first-order valence-electron chi connectivity index (χ1n) is 11.8. The highest BCUT2D eigenvalue weighted by Crippen LogP contribution is 2.22. The predicted octanol–water partition coefficient (Wildman–Crippen LogP) is 5.90. The summed E-state index contributed by atoms with van der Waals surface area (Å²) in [6.45, 7) is 2.18. The van der Waals surface area contributed by atoms with Crippen molar-refractivity contribution in [2.75, 3.05) is 0 Å². The molecule has 172 valence electrons. The third-order valence-corrected chi connectivity index (χ3v) is 6.83. The highest BCUT2D eigenvalue weighted by Gasteiger charge is 2.28. The SMILES string of the molecule is C[C@H](C(=O)NC1CCCC1)N(Cc1cccc(Cl)c1)C(=O)CCc1cccc2ccccc12. The zero-order valence-electron chi connectivity index (χ0n) is 19.1. The van der Waals surface area contributed by atoms with E-state index in [0.717, 1.165) is 36.8 Å². The van der Waals surface area contributed by atoms with Crippen LogP contribution in [0.1, 0.15) is 50.2 Å². The molecule has 5 heteroatoms. The van der Waals surface area contributed by atoms with Crippen LogP contribution in [0.5, 0.6) is 0 Å². The van der Waals surface area contributed by atoms with E-state index in [-0.39, 0.29) is 17.9 Å². The van der Waals surface area contributed by atoms with Crippen LogP contribution in [0, 0.1) is 0 Å². The number of fused-ring (bicyclic) bond motifs is 1. The fraction of sp³-hybridized carbons (Fsp3) is 0.357. The summed E-state index contributed by atoms with van der Waals surface area (Å²) in [6, 6.07) is 21.6. The monoisotopic (exact) mass is 462 g/mol. The van der Waals surface area contributed by atoms with E-state index in [1.54, 1.807) is 4.90 Å². The molecule has 1 fully saturated rings. The van der Waals surface area contributed by atoms with E-state index in [1.165, 1.54) is 10.8 Å². The minimum absolute atomic E-state index is 0.0306. The molecule has 0 aliphatic heterocycles. The highest BCUT2D eigenvalue weighted by molar-refractivity contribution is 6.30. The van der Waals surface area contributed by atoms with Crippen molar-refractivity contribution in [3.63, 3.8) is 0 Å². The van der Waals surface area contributed by atoms with Crippen LogP contribution in [0.15, 0.2) is 66.7 Å². The molecule has 2 amide bonds. The molecule has 0 bridgehead atoms. The van der Waals surface area contributed by atoms with Crippen molar-refractivity contribution in [2.45, 2.75) is 64.1 Å². The summed E-state index contributed by atoms with van der Waals surface area (Å²) >= 11 is 6.18. The number of nitrogens with one attached hydrogen (secondary N) is 1. The average Bonchev–Trinajstić information content (AvgIpc) is 3.33. The molecule has 1 aliphatic carbocycles. The molecular formula is C28H31ClN2O2. The number of carbonyl (C=O) groups excluding carboxylic acids is 2. The summed E-state index contributed by atoms with van der Waals surface area (Å²) < 4.78 is 0. The second-order valence-electron chi connectivity index (χ2n) is 8.96. The summed E-state index contributed by atoms with van der Waals surface area (Å²) in [5.41, 5.74) is 2.06. The lowest BCUT2D eigenvalue weighted by molar-refractivity contribution is -0.140. The quantitative estimate of drug-likeness (QED) is 0.453. The summed E-state index contributed by atoms with van der Waals surface area (Å²) in [4.78, 5) is 28.2. The van der Waals surface area contributed by atoms with E-state index in [4.69, 9.17) is 11.6 Å². The molecule has 1 aliphatic rings. The highest BCUT2D eigenvalue weighted by atomic mass is 35.5. The standard InChI is InChI=1S/C28H31ClN2O2/c1-20(28(33)30-25-13-3-4-14-25)31(19-21-8-6-12-24(29)18-21)27(32)17-16-23-11-7-10-22-9-2-5-15-26(22)23/h2,5-12,15,18,20,25H,3-4,13-14,16-17,19H2,1H3,(H,30,33)/t20-/m1/s1. The Hall–Kier alpha value is -2.85. The molecule has 1 atom stereocenters. The first-order valence-corrected chi connectivity index (χ1v) is 12.2. The van der Waals surface area contributed by atoms with Gasteiger partial charge in [-0.25, -0.2) is 0 Å². The van der Waals surface area contributed by atoms with Gasteiger partial charge in [0.1, 0.15) is 6.04 Å². The van der Waals surface area contributed by atoms with Crippen LogP contribution in [0.3, 0.4) is 0 Å². The number of hydrogen-bond donors (Lipinski definition) is 1. The van der Waals surface area contributed by atoms with E-state index >= 15 is 0 Å². The molecule has 33 heavy (non-hydrogen) atoms. The van der Waals surface area contributed by atoms with Gasteiger partial charge in [0.15, 0.2) is 0 Å². The minimum Gasteiger partial charge on any atom is -0.352 e. The molecule has 4 nitrogen and oxygen atoms in total. The van der Waals surface area contributed by atoms with Crippen molar-refractivity contribution in [1.29, 1.82) is 0 Å². The van der Waals surface area contributed by atoms with Gasteiger partial charge in [-0.3, -0.25) is 9.59 Å². The largest absolute Gasteiger partial charge is 0.352 e. The Morgan fingerprint density at radius 2 is 1.76 bits per heavy atom. The Kier molecular flexibility index (Phi) is 7.66. The minimum atomic E-state index is -0.551. The second kappa shape index (κ2) is 10.8. The zero-order valence-corrected chi connectivity index (χ0v) is 19.9. The average molecular weight is 463 g/mol. The van der Waals surface area contributed by atoms with Gasteiger partial charge in [-0.1, -0.05) is 79.0 Å². The Labute approximate surface area is 200 Å². The maximum atomic E-state index is 13.4. The Bertz CT molecular complexity index is 1120. The van der Waals surface area contributed by atoms with Crippen molar-refractivity contribution in [2.24, 2.45) is 0 Å². The predicted molar refractivity (Wildman–Crippen MR) is 134 cm³/mol. The van der Waals surface area contributed by atoms with Crippen molar-refractivity contribution in [3.05, 3.63) is 82.9 Å². The number of hydrogen-bond acceptors (Lipinski definition) is 2. The molecule has 0 radical (unpaired) electrons. The summed E-state index contributed by atoms with van der Waals surface area (Å²) in [5.74, 6) is -0.112. The summed E-state index contributed by atoms with van der Waals surface area (Å²) in [6.07, 6.45) is 5.30. The van der Waals surface area contributed by atoms with Crippen LogP contribution in [0.25, 0.3) is 10.8 Å². The summed E-state index contributed by atoms with van der Waals surface area (Å²) in [5, 5.41) is 6.11. The van der Waals surface area contributed by atoms with Gasteiger partial charge in [-0.05, 0) is 60.2 Å². The van der Waals surface area contributed by atoms with Gasteiger partial charge in [-0.2, -0.15) is 0 Å². The smallest absolute Gasteiger partial charge is 0.242 e. The first-order chi connectivity index (χ1) is 16.0. The normalized spacial score (nSPS) is 14.8. The summed E-state index contributed by atoms with van der Waals surface area (Å²) in [7, 11) is 0. The topological polar surface area (TPSA) is 49.4 Å². The van der Waals surface area contributed by atoms with Crippen molar-refractivity contribution >= 4 is 34.2 Å². The third-order valence-electron chi connectivity index (χ3n) is 6.60. The Morgan fingerprint density at radius 1 is 1.03 bits per heavy atom. The molecule has 4 rings (SSSR count). The fourth-order valence-electron chi connectivity index (χ4n) is 4.70. The lowest BCUT2D eigenvalue weighted by Gasteiger charge is -2.30. The molecule has 3 aromatic carbocycles.